The number of benzene rings is 1. The van der Waals surface area contributed by atoms with Crippen molar-refractivity contribution in [2.45, 2.75) is 39.0 Å². The lowest BCUT2D eigenvalue weighted by molar-refractivity contribution is 0.274. The first-order chi connectivity index (χ1) is 9.19. The highest BCUT2D eigenvalue weighted by Crippen LogP contribution is 2.30. The van der Waals surface area contributed by atoms with E-state index in [0.717, 1.165) is 28.5 Å². The van der Waals surface area contributed by atoms with E-state index in [9.17, 15) is 0 Å². The van der Waals surface area contributed by atoms with Gasteiger partial charge in [0.15, 0.2) is 0 Å². The lowest BCUT2D eigenvalue weighted by atomic mass is 9.81. The van der Waals surface area contributed by atoms with Crippen molar-refractivity contribution in [1.29, 1.82) is 5.26 Å². The second-order valence-corrected chi connectivity index (χ2v) is 6.57. The van der Waals surface area contributed by atoms with E-state index in [-0.39, 0.29) is 0 Å². The van der Waals surface area contributed by atoms with Crippen molar-refractivity contribution in [3.8, 4) is 6.07 Å². The van der Waals surface area contributed by atoms with Crippen LogP contribution in [0.25, 0.3) is 0 Å². The summed E-state index contributed by atoms with van der Waals surface area (Å²) in [5, 5.41) is 12.5. The van der Waals surface area contributed by atoms with E-state index in [0.29, 0.717) is 5.56 Å². The summed E-state index contributed by atoms with van der Waals surface area (Å²) in [7, 11) is 0. The van der Waals surface area contributed by atoms with Crippen LogP contribution in [0, 0.1) is 23.2 Å². The number of nitrogens with one attached hydrogen (secondary N) is 1. The molecule has 0 radical (unpaired) electrons. The standard InChI is InChI=1S/C16H21BrN2/c1-12-3-2-4-13(9-12)7-8-19-16-6-5-15(17)10-14(16)11-18/h5-6,10,12-13,19H,2-4,7-9H2,1H3. The molecule has 0 heterocycles. The molecule has 0 aromatic heterocycles. The molecule has 0 amide bonds. The van der Waals surface area contributed by atoms with Gasteiger partial charge in [-0.15, -0.1) is 0 Å². The number of anilines is 1. The lowest BCUT2D eigenvalue weighted by Gasteiger charge is -2.26. The van der Waals surface area contributed by atoms with Gasteiger partial charge in [-0.05, 0) is 42.9 Å². The molecule has 2 unspecified atom stereocenters. The molecule has 2 rings (SSSR count). The van der Waals surface area contributed by atoms with E-state index in [4.69, 9.17) is 5.26 Å². The van der Waals surface area contributed by atoms with Crippen LogP contribution in [-0.4, -0.2) is 6.54 Å². The Hall–Kier alpha value is -1.01. The smallest absolute Gasteiger partial charge is 0.101 e. The van der Waals surface area contributed by atoms with Crippen LogP contribution in [-0.2, 0) is 0 Å². The molecule has 1 aromatic rings. The number of nitriles is 1. The van der Waals surface area contributed by atoms with Crippen LogP contribution < -0.4 is 5.32 Å². The van der Waals surface area contributed by atoms with Crippen LogP contribution in [0.2, 0.25) is 0 Å². The van der Waals surface area contributed by atoms with Gasteiger partial charge in [-0.25, -0.2) is 0 Å². The van der Waals surface area contributed by atoms with Crippen LogP contribution >= 0.6 is 15.9 Å². The summed E-state index contributed by atoms with van der Waals surface area (Å²) in [6.07, 6.45) is 6.73. The molecule has 102 valence electrons. The van der Waals surface area contributed by atoms with E-state index < -0.39 is 0 Å². The van der Waals surface area contributed by atoms with Crippen molar-refractivity contribution < 1.29 is 0 Å². The highest BCUT2D eigenvalue weighted by atomic mass is 79.9. The molecule has 1 N–H and O–H groups in total. The number of nitrogens with zero attached hydrogens (tertiary/aromatic N) is 1. The molecule has 19 heavy (non-hydrogen) atoms. The first-order valence-corrected chi connectivity index (χ1v) is 7.92. The fourth-order valence-corrected chi connectivity index (χ4v) is 3.36. The Bertz CT molecular complexity index is 464. The minimum Gasteiger partial charge on any atom is -0.384 e. The van der Waals surface area contributed by atoms with Crippen molar-refractivity contribution in [2.24, 2.45) is 11.8 Å². The van der Waals surface area contributed by atoms with E-state index in [1.807, 2.05) is 18.2 Å². The average Bonchev–Trinajstić information content (AvgIpc) is 2.40. The molecule has 1 fully saturated rings. The highest BCUT2D eigenvalue weighted by Gasteiger charge is 2.18. The van der Waals surface area contributed by atoms with Gasteiger partial charge in [0.25, 0.3) is 0 Å². The Balaban J connectivity index is 1.84. The second-order valence-electron chi connectivity index (χ2n) is 5.65. The summed E-state index contributed by atoms with van der Waals surface area (Å²) in [4.78, 5) is 0. The summed E-state index contributed by atoms with van der Waals surface area (Å²) in [5.41, 5.74) is 1.67. The van der Waals surface area contributed by atoms with Gasteiger partial charge in [-0.3, -0.25) is 0 Å². The number of hydrogen-bond donors (Lipinski definition) is 1. The molecule has 1 aromatic carbocycles. The molecular formula is C16H21BrN2. The summed E-state index contributed by atoms with van der Waals surface area (Å²) in [6, 6.07) is 8.06. The lowest BCUT2D eigenvalue weighted by Crippen LogP contribution is -2.16. The zero-order valence-corrected chi connectivity index (χ0v) is 13.0. The fourth-order valence-electron chi connectivity index (χ4n) is 3.00. The molecule has 2 nitrogen and oxygen atoms in total. The zero-order valence-electron chi connectivity index (χ0n) is 11.5. The van der Waals surface area contributed by atoms with Crippen molar-refractivity contribution in [3.05, 3.63) is 28.2 Å². The van der Waals surface area contributed by atoms with Gasteiger partial charge in [0.05, 0.1) is 11.3 Å². The molecule has 0 spiro atoms. The van der Waals surface area contributed by atoms with Crippen molar-refractivity contribution >= 4 is 21.6 Å². The van der Waals surface area contributed by atoms with E-state index in [1.165, 1.54) is 32.1 Å². The first-order valence-electron chi connectivity index (χ1n) is 7.12. The van der Waals surface area contributed by atoms with E-state index in [2.05, 4.69) is 34.2 Å². The molecule has 0 bridgehead atoms. The third-order valence-electron chi connectivity index (χ3n) is 4.02. The van der Waals surface area contributed by atoms with Crippen LogP contribution in [0.4, 0.5) is 5.69 Å². The summed E-state index contributed by atoms with van der Waals surface area (Å²) < 4.78 is 0.954. The maximum atomic E-state index is 9.11. The Morgan fingerprint density at radius 2 is 2.26 bits per heavy atom. The second kappa shape index (κ2) is 6.96. The maximum Gasteiger partial charge on any atom is 0.101 e. The number of hydrogen-bond acceptors (Lipinski definition) is 2. The number of halogens is 1. The Labute approximate surface area is 124 Å². The Morgan fingerprint density at radius 3 is 3.00 bits per heavy atom. The van der Waals surface area contributed by atoms with Crippen molar-refractivity contribution in [1.82, 2.24) is 0 Å². The van der Waals surface area contributed by atoms with Gasteiger partial charge in [-0.2, -0.15) is 5.26 Å². The molecule has 0 aliphatic heterocycles. The summed E-state index contributed by atoms with van der Waals surface area (Å²) in [6.45, 7) is 3.33. The molecule has 3 heteroatoms. The van der Waals surface area contributed by atoms with E-state index in [1.54, 1.807) is 0 Å². The Kier molecular flexibility index (Phi) is 5.27. The largest absolute Gasteiger partial charge is 0.384 e. The average molecular weight is 321 g/mol. The fraction of sp³-hybridized carbons (Fsp3) is 0.562. The minimum absolute atomic E-state index is 0.714. The van der Waals surface area contributed by atoms with Gasteiger partial charge in [-0.1, -0.05) is 42.1 Å². The van der Waals surface area contributed by atoms with Gasteiger partial charge in [0, 0.05) is 11.0 Å². The predicted octanol–water partition coefficient (Wildman–Crippen LogP) is 4.95. The summed E-state index contributed by atoms with van der Waals surface area (Å²) in [5.74, 6) is 1.75. The highest BCUT2D eigenvalue weighted by molar-refractivity contribution is 9.10. The number of rotatable bonds is 4. The minimum atomic E-state index is 0.714. The first kappa shape index (κ1) is 14.4. The molecule has 1 aliphatic rings. The zero-order chi connectivity index (χ0) is 13.7. The predicted molar refractivity (Wildman–Crippen MR) is 83.1 cm³/mol. The van der Waals surface area contributed by atoms with Gasteiger partial charge >= 0.3 is 0 Å². The molecule has 1 aliphatic carbocycles. The maximum absolute atomic E-state index is 9.11. The van der Waals surface area contributed by atoms with Crippen LogP contribution in [0.1, 0.15) is 44.6 Å². The van der Waals surface area contributed by atoms with E-state index >= 15 is 0 Å². The summed E-state index contributed by atoms with van der Waals surface area (Å²) >= 11 is 3.40. The Morgan fingerprint density at radius 1 is 1.42 bits per heavy atom. The third-order valence-corrected chi connectivity index (χ3v) is 4.51. The van der Waals surface area contributed by atoms with Gasteiger partial charge in [0.1, 0.15) is 6.07 Å². The molecule has 0 saturated heterocycles. The quantitative estimate of drug-likeness (QED) is 0.852. The third kappa shape index (κ3) is 4.24. The molecule has 1 saturated carbocycles. The van der Waals surface area contributed by atoms with Gasteiger partial charge < -0.3 is 5.32 Å². The molecular weight excluding hydrogens is 300 g/mol. The monoisotopic (exact) mass is 320 g/mol. The van der Waals surface area contributed by atoms with Crippen LogP contribution in [0.3, 0.4) is 0 Å². The van der Waals surface area contributed by atoms with Crippen LogP contribution in [0.15, 0.2) is 22.7 Å². The normalized spacial score (nSPS) is 22.8. The van der Waals surface area contributed by atoms with Crippen LogP contribution in [0.5, 0.6) is 0 Å². The molecule has 2 atom stereocenters. The topological polar surface area (TPSA) is 35.8 Å². The van der Waals surface area contributed by atoms with Gasteiger partial charge in [0.2, 0.25) is 0 Å². The SMILES string of the molecule is CC1CCCC(CCNc2ccc(Br)cc2C#N)C1. The van der Waals surface area contributed by atoms with Crippen molar-refractivity contribution in [2.75, 3.05) is 11.9 Å². The van der Waals surface area contributed by atoms with Crippen molar-refractivity contribution in [3.63, 3.8) is 0 Å².